The van der Waals surface area contributed by atoms with Gasteiger partial charge in [-0.2, -0.15) is 0 Å². The Morgan fingerprint density at radius 2 is 2.21 bits per heavy atom. The summed E-state index contributed by atoms with van der Waals surface area (Å²) in [6, 6.07) is 0. The second kappa shape index (κ2) is 5.71. The number of carbonyl (C=O) groups excluding carboxylic acids is 1. The lowest BCUT2D eigenvalue weighted by atomic mass is 10.3. The monoisotopic (exact) mass is 280 g/mol. The zero-order valence-corrected chi connectivity index (χ0v) is 12.7. The summed E-state index contributed by atoms with van der Waals surface area (Å²) in [5, 5.41) is 5.43. The Balaban J connectivity index is 1.96. The standard InChI is InChI=1S/C13H20N4OS/c1-9-8-19-13-15-10(2)11(17(9)13)7-14-6-5-12(18)16(3)4/h8,14H,5-7H2,1-4H3. The molecule has 0 aliphatic heterocycles. The maximum absolute atomic E-state index is 11.5. The van der Waals surface area contributed by atoms with Gasteiger partial charge < -0.3 is 10.2 Å². The van der Waals surface area contributed by atoms with Crippen molar-refractivity contribution in [2.75, 3.05) is 20.6 Å². The molecule has 0 saturated carbocycles. The van der Waals surface area contributed by atoms with Gasteiger partial charge in [0.15, 0.2) is 4.96 Å². The zero-order chi connectivity index (χ0) is 14.0. The summed E-state index contributed by atoms with van der Waals surface area (Å²) in [7, 11) is 3.56. The van der Waals surface area contributed by atoms with Gasteiger partial charge >= 0.3 is 0 Å². The van der Waals surface area contributed by atoms with Crippen LogP contribution in [-0.4, -0.2) is 40.8 Å². The molecule has 0 unspecified atom stereocenters. The predicted octanol–water partition coefficient (Wildman–Crippen LogP) is 1.58. The second-order valence-corrected chi connectivity index (χ2v) is 5.69. The van der Waals surface area contributed by atoms with Crippen LogP contribution >= 0.6 is 11.3 Å². The van der Waals surface area contributed by atoms with Gasteiger partial charge in [0.1, 0.15) is 0 Å². The molecule has 2 heterocycles. The van der Waals surface area contributed by atoms with E-state index in [1.165, 1.54) is 11.4 Å². The van der Waals surface area contributed by atoms with Crippen LogP contribution in [0.1, 0.15) is 23.5 Å². The molecule has 0 aliphatic rings. The maximum atomic E-state index is 11.5. The van der Waals surface area contributed by atoms with E-state index in [9.17, 15) is 4.79 Å². The largest absolute Gasteiger partial charge is 0.349 e. The average Bonchev–Trinajstić information content (AvgIpc) is 2.85. The fraction of sp³-hybridized carbons (Fsp3) is 0.538. The highest BCUT2D eigenvalue weighted by Crippen LogP contribution is 2.20. The summed E-state index contributed by atoms with van der Waals surface area (Å²) in [6.07, 6.45) is 0.524. The third-order valence-corrected chi connectivity index (χ3v) is 4.08. The predicted molar refractivity (Wildman–Crippen MR) is 77.6 cm³/mol. The Kier molecular flexibility index (Phi) is 4.21. The number of aryl methyl sites for hydroxylation is 2. The normalized spacial score (nSPS) is 11.2. The Morgan fingerprint density at radius 1 is 1.47 bits per heavy atom. The zero-order valence-electron chi connectivity index (χ0n) is 11.9. The van der Waals surface area contributed by atoms with Gasteiger partial charge in [-0.15, -0.1) is 11.3 Å². The first-order valence-electron chi connectivity index (χ1n) is 6.33. The summed E-state index contributed by atoms with van der Waals surface area (Å²) in [5.74, 6) is 0.148. The van der Waals surface area contributed by atoms with E-state index in [4.69, 9.17) is 0 Å². The van der Waals surface area contributed by atoms with Gasteiger partial charge in [0.25, 0.3) is 0 Å². The van der Waals surface area contributed by atoms with Crippen molar-refractivity contribution < 1.29 is 4.79 Å². The molecule has 19 heavy (non-hydrogen) atoms. The third kappa shape index (κ3) is 2.96. The molecule has 104 valence electrons. The molecule has 0 radical (unpaired) electrons. The highest BCUT2D eigenvalue weighted by molar-refractivity contribution is 7.15. The fourth-order valence-corrected chi connectivity index (χ4v) is 2.93. The molecule has 0 atom stereocenters. The van der Waals surface area contributed by atoms with Gasteiger partial charge in [-0.3, -0.25) is 9.20 Å². The number of rotatable bonds is 5. The first-order valence-corrected chi connectivity index (χ1v) is 7.21. The fourth-order valence-electron chi connectivity index (χ4n) is 2.00. The van der Waals surface area contributed by atoms with Crippen molar-refractivity contribution in [2.24, 2.45) is 0 Å². The molecular weight excluding hydrogens is 260 g/mol. The molecule has 0 aromatic carbocycles. The molecule has 5 nitrogen and oxygen atoms in total. The average molecular weight is 280 g/mol. The number of amides is 1. The Morgan fingerprint density at radius 3 is 2.89 bits per heavy atom. The van der Waals surface area contributed by atoms with E-state index in [-0.39, 0.29) is 5.91 Å². The highest BCUT2D eigenvalue weighted by Gasteiger charge is 2.11. The van der Waals surface area contributed by atoms with Gasteiger partial charge in [-0.25, -0.2) is 4.98 Å². The topological polar surface area (TPSA) is 49.6 Å². The van der Waals surface area contributed by atoms with Crippen LogP contribution < -0.4 is 5.32 Å². The van der Waals surface area contributed by atoms with E-state index in [0.717, 1.165) is 17.2 Å². The van der Waals surface area contributed by atoms with Crippen molar-refractivity contribution in [1.29, 1.82) is 0 Å². The van der Waals surface area contributed by atoms with Crippen molar-refractivity contribution >= 4 is 22.2 Å². The minimum atomic E-state index is 0.148. The number of nitrogens with zero attached hydrogens (tertiary/aromatic N) is 3. The lowest BCUT2D eigenvalue weighted by Crippen LogP contribution is -2.26. The Bertz CT molecular complexity index is 585. The van der Waals surface area contributed by atoms with Crippen molar-refractivity contribution in [1.82, 2.24) is 19.6 Å². The molecule has 1 N–H and O–H groups in total. The van der Waals surface area contributed by atoms with E-state index in [0.29, 0.717) is 13.0 Å². The first-order chi connectivity index (χ1) is 9.00. The molecule has 2 rings (SSSR count). The lowest BCUT2D eigenvalue weighted by molar-refractivity contribution is -0.128. The Hall–Kier alpha value is -1.40. The van der Waals surface area contributed by atoms with Gasteiger partial charge in [0.2, 0.25) is 5.91 Å². The van der Waals surface area contributed by atoms with Gasteiger partial charge in [0, 0.05) is 44.7 Å². The smallest absolute Gasteiger partial charge is 0.223 e. The van der Waals surface area contributed by atoms with Crippen LogP contribution in [0.3, 0.4) is 0 Å². The summed E-state index contributed by atoms with van der Waals surface area (Å²) >= 11 is 1.66. The van der Waals surface area contributed by atoms with E-state index in [2.05, 4.69) is 27.0 Å². The first kappa shape index (κ1) is 14.0. The van der Waals surface area contributed by atoms with Gasteiger partial charge in [-0.1, -0.05) is 0 Å². The third-order valence-electron chi connectivity index (χ3n) is 3.14. The molecule has 0 spiro atoms. The lowest BCUT2D eigenvalue weighted by Gasteiger charge is -2.10. The van der Waals surface area contributed by atoms with E-state index in [1.54, 1.807) is 30.3 Å². The number of imidazole rings is 1. The van der Waals surface area contributed by atoms with E-state index >= 15 is 0 Å². The molecule has 6 heteroatoms. The molecule has 0 fully saturated rings. The molecule has 0 aliphatic carbocycles. The van der Waals surface area contributed by atoms with E-state index < -0.39 is 0 Å². The minimum absolute atomic E-state index is 0.148. The number of fused-ring (bicyclic) bond motifs is 1. The van der Waals surface area contributed by atoms with Crippen LogP contribution in [0, 0.1) is 13.8 Å². The number of hydrogen-bond donors (Lipinski definition) is 1. The Labute approximate surface area is 117 Å². The second-order valence-electron chi connectivity index (χ2n) is 4.85. The molecule has 2 aromatic heterocycles. The highest BCUT2D eigenvalue weighted by atomic mass is 32.1. The number of carbonyl (C=O) groups is 1. The van der Waals surface area contributed by atoms with Crippen LogP contribution in [-0.2, 0) is 11.3 Å². The van der Waals surface area contributed by atoms with Crippen LogP contribution in [0.15, 0.2) is 5.38 Å². The van der Waals surface area contributed by atoms with Crippen LogP contribution in [0.4, 0.5) is 0 Å². The van der Waals surface area contributed by atoms with E-state index in [1.807, 2.05) is 6.92 Å². The van der Waals surface area contributed by atoms with Crippen LogP contribution in [0.2, 0.25) is 0 Å². The number of thiazole rings is 1. The number of aromatic nitrogens is 2. The quantitative estimate of drug-likeness (QED) is 0.846. The van der Waals surface area contributed by atoms with Crippen molar-refractivity contribution in [2.45, 2.75) is 26.8 Å². The van der Waals surface area contributed by atoms with Crippen molar-refractivity contribution in [3.63, 3.8) is 0 Å². The molecular formula is C13H20N4OS. The van der Waals surface area contributed by atoms with Crippen LogP contribution in [0.25, 0.3) is 4.96 Å². The SMILES string of the molecule is Cc1nc2scc(C)n2c1CNCCC(=O)N(C)C. The van der Waals surface area contributed by atoms with Crippen molar-refractivity contribution in [3.8, 4) is 0 Å². The molecule has 0 bridgehead atoms. The van der Waals surface area contributed by atoms with Gasteiger partial charge in [-0.05, 0) is 13.8 Å². The molecule has 0 saturated heterocycles. The number of hydrogen-bond acceptors (Lipinski definition) is 4. The summed E-state index contributed by atoms with van der Waals surface area (Å²) in [4.78, 5) is 18.7. The number of nitrogens with one attached hydrogen (secondary N) is 1. The maximum Gasteiger partial charge on any atom is 0.223 e. The van der Waals surface area contributed by atoms with Crippen LogP contribution in [0.5, 0.6) is 0 Å². The van der Waals surface area contributed by atoms with Gasteiger partial charge in [0.05, 0.1) is 11.4 Å². The summed E-state index contributed by atoms with van der Waals surface area (Å²) in [6.45, 7) is 5.54. The minimum Gasteiger partial charge on any atom is -0.349 e. The molecule has 2 aromatic rings. The summed E-state index contributed by atoms with van der Waals surface area (Å²) < 4.78 is 2.18. The molecule has 1 amide bonds. The summed E-state index contributed by atoms with van der Waals surface area (Å²) in [5.41, 5.74) is 3.45. The van der Waals surface area contributed by atoms with Crippen molar-refractivity contribution in [3.05, 3.63) is 22.5 Å².